The number of allylic oxidation sites excluding steroid dienone is 2. The summed E-state index contributed by atoms with van der Waals surface area (Å²) in [5.74, 6) is 7.04. The minimum Gasteiger partial charge on any atom is -0.300 e. The van der Waals surface area contributed by atoms with Gasteiger partial charge < -0.3 is 0 Å². The van der Waals surface area contributed by atoms with Crippen LogP contribution in [0.15, 0.2) is 12.2 Å². The Morgan fingerprint density at radius 2 is 1.67 bits per heavy atom. The molecule has 0 aromatic rings. The average molecular weight is 413 g/mol. The first-order chi connectivity index (χ1) is 14.2. The first-order valence-electron chi connectivity index (χ1n) is 13.4. The van der Waals surface area contributed by atoms with Crippen LogP contribution >= 0.6 is 0 Å². The summed E-state index contributed by atoms with van der Waals surface area (Å²) in [6.45, 7) is 14.8. The predicted molar refractivity (Wildman–Crippen MR) is 127 cm³/mol. The number of hydrogen-bond donors (Lipinski definition) is 0. The lowest BCUT2D eigenvalue weighted by molar-refractivity contribution is -0.140. The van der Waals surface area contributed by atoms with Gasteiger partial charge in [0.05, 0.1) is 0 Å². The predicted octanol–water partition coefficient (Wildman–Crippen LogP) is 8.09. The molecule has 4 fully saturated rings. The lowest BCUT2D eigenvalue weighted by Gasteiger charge is -2.60. The first-order valence-corrected chi connectivity index (χ1v) is 13.4. The molecule has 0 amide bonds. The van der Waals surface area contributed by atoms with Gasteiger partial charge >= 0.3 is 0 Å². The molecule has 4 saturated carbocycles. The fourth-order valence-electron chi connectivity index (χ4n) is 9.23. The fraction of sp³-hybridized carbons (Fsp3) is 0.897. The third-order valence-electron chi connectivity index (χ3n) is 11.2. The maximum atomic E-state index is 12.1. The van der Waals surface area contributed by atoms with E-state index in [1.165, 1.54) is 51.4 Å². The molecule has 0 heterocycles. The van der Waals surface area contributed by atoms with Crippen molar-refractivity contribution in [1.29, 1.82) is 0 Å². The van der Waals surface area contributed by atoms with Crippen molar-refractivity contribution in [3.05, 3.63) is 12.2 Å². The normalized spacial score (nSPS) is 45.8. The van der Waals surface area contributed by atoms with Gasteiger partial charge in [-0.3, -0.25) is 4.79 Å². The topological polar surface area (TPSA) is 17.1 Å². The zero-order valence-corrected chi connectivity index (χ0v) is 20.8. The lowest BCUT2D eigenvalue weighted by Crippen LogP contribution is -2.53. The molecule has 0 aromatic heterocycles. The van der Waals surface area contributed by atoms with Crippen LogP contribution in [0.5, 0.6) is 0 Å². The number of carbonyl (C=O) groups excluding carboxylic acids is 1. The van der Waals surface area contributed by atoms with Gasteiger partial charge in [0.25, 0.3) is 0 Å². The highest BCUT2D eigenvalue weighted by Gasteiger charge is 2.60. The van der Waals surface area contributed by atoms with Crippen molar-refractivity contribution in [2.45, 2.75) is 106 Å². The molecule has 1 nitrogen and oxygen atoms in total. The molecule has 0 spiro atoms. The van der Waals surface area contributed by atoms with E-state index in [0.29, 0.717) is 28.4 Å². The Bertz CT molecular complexity index is 661. The van der Waals surface area contributed by atoms with Crippen LogP contribution in [0.25, 0.3) is 0 Å². The van der Waals surface area contributed by atoms with Crippen LogP contribution in [-0.4, -0.2) is 5.78 Å². The summed E-state index contributed by atoms with van der Waals surface area (Å²) in [5, 5.41) is 0. The van der Waals surface area contributed by atoms with Crippen molar-refractivity contribution in [2.24, 2.45) is 58.2 Å². The van der Waals surface area contributed by atoms with Crippen molar-refractivity contribution in [1.82, 2.24) is 0 Å². The van der Waals surface area contributed by atoms with Crippen molar-refractivity contribution in [2.75, 3.05) is 0 Å². The van der Waals surface area contributed by atoms with Crippen molar-refractivity contribution >= 4 is 5.78 Å². The molecule has 0 saturated heterocycles. The molecule has 0 aromatic carbocycles. The van der Waals surface area contributed by atoms with Crippen LogP contribution in [0.2, 0.25) is 0 Å². The number of Topliss-reactive ketones (excluding diaryl/α,β-unsaturated/α-hetero) is 1. The van der Waals surface area contributed by atoms with Crippen LogP contribution in [0, 0.1) is 58.2 Å². The van der Waals surface area contributed by atoms with Crippen molar-refractivity contribution in [3.63, 3.8) is 0 Å². The molecule has 4 rings (SSSR count). The molecular formula is C29H48O. The van der Waals surface area contributed by atoms with E-state index >= 15 is 0 Å². The van der Waals surface area contributed by atoms with Gasteiger partial charge in [-0.1, -0.05) is 53.7 Å². The highest BCUT2D eigenvalue weighted by molar-refractivity contribution is 5.79. The monoisotopic (exact) mass is 412 g/mol. The zero-order chi connectivity index (χ0) is 21.7. The quantitative estimate of drug-likeness (QED) is 0.417. The van der Waals surface area contributed by atoms with Crippen LogP contribution in [-0.2, 0) is 4.79 Å². The molecule has 0 N–H and O–H groups in total. The smallest absolute Gasteiger partial charge is 0.133 e. The average Bonchev–Trinajstić information content (AvgIpc) is 3.06. The summed E-state index contributed by atoms with van der Waals surface area (Å²) in [4.78, 5) is 12.1. The number of rotatable bonds is 5. The molecule has 0 aliphatic heterocycles. The third-order valence-corrected chi connectivity index (χ3v) is 11.2. The highest BCUT2D eigenvalue weighted by atomic mass is 16.1. The highest BCUT2D eigenvalue weighted by Crippen LogP contribution is 2.68. The molecular weight excluding hydrogens is 364 g/mol. The van der Waals surface area contributed by atoms with E-state index in [9.17, 15) is 4.79 Å². The summed E-state index contributed by atoms with van der Waals surface area (Å²) >= 11 is 0. The molecule has 9 atom stereocenters. The van der Waals surface area contributed by atoms with Gasteiger partial charge in [-0.25, -0.2) is 0 Å². The maximum Gasteiger partial charge on any atom is 0.133 e. The van der Waals surface area contributed by atoms with E-state index in [-0.39, 0.29) is 0 Å². The summed E-state index contributed by atoms with van der Waals surface area (Å²) in [6, 6.07) is 0. The molecule has 170 valence electrons. The lowest BCUT2D eigenvalue weighted by atomic mass is 9.44. The Hall–Kier alpha value is -0.590. The summed E-state index contributed by atoms with van der Waals surface area (Å²) < 4.78 is 0. The third kappa shape index (κ3) is 3.65. The van der Waals surface area contributed by atoms with Crippen LogP contribution in [0.4, 0.5) is 0 Å². The Kier molecular flexibility index (Phi) is 6.33. The van der Waals surface area contributed by atoms with Gasteiger partial charge in [-0.05, 0) is 110 Å². The van der Waals surface area contributed by atoms with Crippen molar-refractivity contribution < 1.29 is 4.79 Å². The minimum atomic E-state index is 0.452. The van der Waals surface area contributed by atoms with E-state index in [1.807, 2.05) is 0 Å². The molecule has 0 unspecified atom stereocenters. The maximum absolute atomic E-state index is 12.1. The summed E-state index contributed by atoms with van der Waals surface area (Å²) in [6.07, 6.45) is 17.8. The summed E-state index contributed by atoms with van der Waals surface area (Å²) in [5.41, 5.74) is 0.992. The second kappa shape index (κ2) is 8.40. The molecule has 1 heteroatoms. The van der Waals surface area contributed by atoms with Crippen LogP contribution in [0.1, 0.15) is 106 Å². The van der Waals surface area contributed by atoms with Gasteiger partial charge in [-0.15, -0.1) is 0 Å². The van der Waals surface area contributed by atoms with Crippen LogP contribution in [0.3, 0.4) is 0 Å². The Balaban J connectivity index is 1.50. The van der Waals surface area contributed by atoms with Gasteiger partial charge in [0.2, 0.25) is 0 Å². The SMILES string of the molecule is CC[C@H](C=C[C@@H](C)[C@H]1CC[C@H]2[C@@H]3CC[C@@H]4CC(=O)CC[C@]4(C)[C@H]3CC[C@]12C)C(C)C. The van der Waals surface area contributed by atoms with E-state index < -0.39 is 0 Å². The Labute approximate surface area is 186 Å². The second-order valence-electron chi connectivity index (χ2n) is 12.7. The number of hydrogen-bond acceptors (Lipinski definition) is 1. The first kappa shape index (κ1) is 22.6. The molecule has 4 aliphatic rings. The number of ketones is 1. The largest absolute Gasteiger partial charge is 0.300 e. The molecule has 0 bridgehead atoms. The number of fused-ring (bicyclic) bond motifs is 5. The van der Waals surface area contributed by atoms with Gasteiger partial charge in [0.1, 0.15) is 5.78 Å². The van der Waals surface area contributed by atoms with Crippen molar-refractivity contribution in [3.8, 4) is 0 Å². The van der Waals surface area contributed by atoms with Gasteiger partial charge in [0.15, 0.2) is 0 Å². The summed E-state index contributed by atoms with van der Waals surface area (Å²) in [7, 11) is 0. The molecule has 4 aliphatic carbocycles. The Morgan fingerprint density at radius 1 is 0.933 bits per heavy atom. The van der Waals surface area contributed by atoms with Gasteiger partial charge in [-0.2, -0.15) is 0 Å². The minimum absolute atomic E-state index is 0.452. The van der Waals surface area contributed by atoms with Crippen LogP contribution < -0.4 is 0 Å². The van der Waals surface area contributed by atoms with Gasteiger partial charge in [0, 0.05) is 12.8 Å². The molecule has 0 radical (unpaired) electrons. The van der Waals surface area contributed by atoms with E-state index in [2.05, 4.69) is 53.7 Å². The van der Waals surface area contributed by atoms with E-state index in [0.717, 1.165) is 48.3 Å². The zero-order valence-electron chi connectivity index (χ0n) is 20.8. The standard InChI is InChI=1S/C29H48O/c1-7-21(19(2)3)9-8-20(4)25-12-13-26-24-11-10-22-18-23(30)14-16-28(22,5)27(24)15-17-29(25,26)6/h8-9,19-22,24-27H,7,10-18H2,1-6H3/t20-,21-,22-,24+,25-,26+,27+,28+,29-/m1/s1. The van der Waals surface area contributed by atoms with E-state index in [4.69, 9.17) is 0 Å². The molecule has 30 heavy (non-hydrogen) atoms. The Morgan fingerprint density at radius 3 is 2.37 bits per heavy atom. The number of carbonyl (C=O) groups is 1. The second-order valence-corrected chi connectivity index (χ2v) is 12.7. The fourth-order valence-corrected chi connectivity index (χ4v) is 9.23. The van der Waals surface area contributed by atoms with E-state index in [1.54, 1.807) is 0 Å².